The fourth-order valence-electron chi connectivity index (χ4n) is 5.34. The lowest BCUT2D eigenvalue weighted by Gasteiger charge is -2.36. The number of methoxy groups -OCH3 is 2. The fourth-order valence-corrected chi connectivity index (χ4v) is 5.34. The van der Waals surface area contributed by atoms with Gasteiger partial charge in [0.2, 0.25) is 5.91 Å². The van der Waals surface area contributed by atoms with Crippen LogP contribution in [0.3, 0.4) is 0 Å². The van der Waals surface area contributed by atoms with Crippen molar-refractivity contribution in [2.75, 3.05) is 32.3 Å². The molecule has 1 aromatic heterocycles. The van der Waals surface area contributed by atoms with Crippen molar-refractivity contribution in [2.24, 2.45) is 11.8 Å². The third-order valence-corrected chi connectivity index (χ3v) is 7.51. The average molecular weight is 605 g/mol. The predicted octanol–water partition coefficient (Wildman–Crippen LogP) is 5.66. The maximum absolute atomic E-state index is 14.0. The van der Waals surface area contributed by atoms with E-state index in [1.165, 1.54) is 60.6 Å². The van der Waals surface area contributed by atoms with Crippen molar-refractivity contribution in [3.8, 4) is 11.5 Å². The van der Waals surface area contributed by atoms with Crippen molar-refractivity contribution < 1.29 is 42.1 Å². The van der Waals surface area contributed by atoms with E-state index in [4.69, 9.17) is 14.2 Å². The Bertz CT molecular complexity index is 1390. The molecule has 1 N–H and O–H groups in total. The summed E-state index contributed by atoms with van der Waals surface area (Å²) in [5.41, 5.74) is -0.962. The fraction of sp³-hybridized carbons (Fsp3) is 0.467. The minimum atomic E-state index is -4.76. The summed E-state index contributed by atoms with van der Waals surface area (Å²) in [6, 6.07) is 6.78. The Morgan fingerprint density at radius 1 is 1.02 bits per heavy atom. The number of carbonyl (C=O) groups is 2. The Balaban J connectivity index is 1.70. The largest absolute Gasteiger partial charge is 0.478 e. The smallest absolute Gasteiger partial charge is 0.419 e. The first kappa shape index (κ1) is 32.0. The lowest BCUT2D eigenvalue weighted by Crippen LogP contribution is -2.49. The van der Waals surface area contributed by atoms with Gasteiger partial charge in [-0.1, -0.05) is 13.0 Å². The van der Waals surface area contributed by atoms with Crippen LogP contribution in [-0.4, -0.2) is 65.5 Å². The molecule has 10 nitrogen and oxygen atoms in total. The Hall–Kier alpha value is -3.97. The van der Waals surface area contributed by atoms with Gasteiger partial charge in [0.05, 0.1) is 55.0 Å². The summed E-state index contributed by atoms with van der Waals surface area (Å²) in [4.78, 5) is 29.0. The molecule has 1 amide bonds. The lowest BCUT2D eigenvalue weighted by atomic mass is 9.82. The number of halogens is 3. The third kappa shape index (κ3) is 7.90. The molecule has 0 atom stereocenters. The van der Waals surface area contributed by atoms with E-state index in [2.05, 4.69) is 17.1 Å². The number of nitrogens with zero attached hydrogens (tertiary/aromatic N) is 4. The van der Waals surface area contributed by atoms with Crippen LogP contribution in [0.15, 0.2) is 48.8 Å². The highest BCUT2D eigenvalue weighted by atomic mass is 19.4. The van der Waals surface area contributed by atoms with Crippen LogP contribution in [0.5, 0.6) is 11.5 Å². The van der Waals surface area contributed by atoms with E-state index >= 15 is 0 Å². The van der Waals surface area contributed by atoms with Crippen LogP contribution in [0.2, 0.25) is 0 Å². The van der Waals surface area contributed by atoms with E-state index in [1.54, 1.807) is 0 Å². The van der Waals surface area contributed by atoms with Crippen molar-refractivity contribution in [1.82, 2.24) is 15.0 Å². The summed E-state index contributed by atoms with van der Waals surface area (Å²) in [7, 11) is 2.94. The van der Waals surface area contributed by atoms with E-state index < -0.39 is 29.5 Å². The van der Waals surface area contributed by atoms with Gasteiger partial charge in [0.15, 0.2) is 0 Å². The molecule has 0 spiro atoms. The topological polar surface area (TPSA) is 116 Å². The number of alkyl halides is 3. The monoisotopic (exact) mass is 604 g/mol. The molecule has 43 heavy (non-hydrogen) atoms. The number of ether oxygens (including phenoxy) is 3. The Morgan fingerprint density at radius 3 is 2.26 bits per heavy atom. The number of carbonyl (C=O) groups excluding carboxylic acids is 1. The molecule has 0 aliphatic heterocycles. The second-order valence-electron chi connectivity index (χ2n) is 10.7. The van der Waals surface area contributed by atoms with Crippen LogP contribution in [0.25, 0.3) is 0 Å². The number of carboxylic acid groups (broad SMARTS) is 1. The zero-order valence-electron chi connectivity index (χ0n) is 24.2. The van der Waals surface area contributed by atoms with Crippen LogP contribution >= 0.6 is 0 Å². The first-order valence-corrected chi connectivity index (χ1v) is 13.9. The van der Waals surface area contributed by atoms with Crippen LogP contribution in [0.4, 0.5) is 18.9 Å². The average Bonchev–Trinajstić information content (AvgIpc) is 3.47. The summed E-state index contributed by atoms with van der Waals surface area (Å²) < 4.78 is 58.4. The normalized spacial score (nSPS) is 17.2. The van der Waals surface area contributed by atoms with Crippen molar-refractivity contribution >= 4 is 17.6 Å². The maximum Gasteiger partial charge on any atom is 0.419 e. The highest BCUT2D eigenvalue weighted by Crippen LogP contribution is 2.40. The summed E-state index contributed by atoms with van der Waals surface area (Å²) in [6.07, 6.45) is 1.17. The molecule has 232 valence electrons. The van der Waals surface area contributed by atoms with Crippen LogP contribution in [-0.2, 0) is 27.0 Å². The molecule has 2 aromatic carbocycles. The number of hydrogen-bond donors (Lipinski definition) is 1. The molecule has 1 aliphatic rings. The molecule has 13 heteroatoms. The number of carboxylic acids is 1. The Kier molecular flexibility index (Phi) is 10.4. The van der Waals surface area contributed by atoms with Gasteiger partial charge in [0, 0.05) is 20.1 Å². The van der Waals surface area contributed by atoms with Crippen LogP contribution in [0.1, 0.15) is 54.1 Å². The number of amides is 1. The SMILES string of the molecule is COCC(COC)N(c1ccc(Oc2ccc(Cn3nccn3)cc2C(F)(F)F)cc1C(=O)O)C(=O)[C@H]1CC[C@H](C)CC1. The number of aromatic carboxylic acids is 1. The van der Waals surface area contributed by atoms with Crippen molar-refractivity contribution in [3.63, 3.8) is 0 Å². The van der Waals surface area contributed by atoms with Gasteiger partial charge in [0.1, 0.15) is 11.5 Å². The summed E-state index contributed by atoms with van der Waals surface area (Å²) >= 11 is 0. The van der Waals surface area contributed by atoms with Crippen molar-refractivity contribution in [2.45, 2.75) is 51.4 Å². The molecular weight excluding hydrogens is 569 g/mol. The van der Waals surface area contributed by atoms with Gasteiger partial charge in [-0.25, -0.2) is 4.79 Å². The molecule has 1 saturated carbocycles. The standard InChI is InChI=1S/C30H35F3N4O6/c1-19-4-7-21(8-5-19)28(38)37(22(17-41-2)18-42-3)26-10-9-23(15-24(26)29(39)40)43-27-11-6-20(14-25(27)30(31,32)33)16-36-34-12-13-35-36/h6,9-15,19,21-22H,4-5,7-8,16-18H2,1-3H3,(H,39,40)/t19-,21-. The molecule has 4 rings (SSSR count). The second kappa shape index (κ2) is 14.0. The number of aromatic nitrogens is 3. The summed E-state index contributed by atoms with van der Waals surface area (Å²) in [5.74, 6) is -2.08. The summed E-state index contributed by atoms with van der Waals surface area (Å²) in [6.45, 7) is 2.31. The third-order valence-electron chi connectivity index (χ3n) is 7.51. The Morgan fingerprint density at radius 2 is 1.67 bits per heavy atom. The van der Waals surface area contributed by atoms with E-state index in [-0.39, 0.29) is 48.6 Å². The molecular formula is C30H35F3N4O6. The minimum Gasteiger partial charge on any atom is -0.478 e. The molecule has 0 radical (unpaired) electrons. The maximum atomic E-state index is 14.0. The number of hydrogen-bond acceptors (Lipinski definition) is 7. The van der Waals surface area contributed by atoms with Gasteiger partial charge in [-0.3, -0.25) is 4.79 Å². The van der Waals surface area contributed by atoms with E-state index in [1.807, 2.05) is 0 Å². The van der Waals surface area contributed by atoms with Gasteiger partial charge in [-0.2, -0.15) is 28.2 Å². The van der Waals surface area contributed by atoms with Gasteiger partial charge < -0.3 is 24.2 Å². The van der Waals surface area contributed by atoms with E-state index in [9.17, 15) is 27.9 Å². The van der Waals surface area contributed by atoms with Crippen molar-refractivity contribution in [1.29, 1.82) is 0 Å². The molecule has 0 unspecified atom stereocenters. The molecule has 1 fully saturated rings. The lowest BCUT2D eigenvalue weighted by molar-refractivity contribution is -0.138. The molecule has 0 bridgehead atoms. The first-order chi connectivity index (χ1) is 20.5. The van der Waals surface area contributed by atoms with Gasteiger partial charge >= 0.3 is 12.1 Å². The van der Waals surface area contributed by atoms with E-state index in [0.717, 1.165) is 25.0 Å². The predicted molar refractivity (Wildman–Crippen MR) is 150 cm³/mol. The highest BCUT2D eigenvalue weighted by Gasteiger charge is 2.37. The summed E-state index contributed by atoms with van der Waals surface area (Å²) in [5, 5.41) is 18.0. The van der Waals surface area contributed by atoms with E-state index in [0.29, 0.717) is 24.3 Å². The highest BCUT2D eigenvalue weighted by molar-refractivity contribution is 6.03. The molecule has 1 aliphatic carbocycles. The molecule has 0 saturated heterocycles. The quantitative estimate of drug-likeness (QED) is 0.282. The molecule has 3 aromatic rings. The van der Waals surface area contributed by atoms with Gasteiger partial charge in [-0.15, -0.1) is 0 Å². The first-order valence-electron chi connectivity index (χ1n) is 13.9. The number of benzene rings is 2. The number of rotatable bonds is 12. The zero-order chi connectivity index (χ0) is 31.1. The van der Waals surface area contributed by atoms with Gasteiger partial charge in [0.25, 0.3) is 0 Å². The Labute approximate surface area is 247 Å². The molecule has 1 heterocycles. The minimum absolute atomic E-state index is 0.0160. The van der Waals surface area contributed by atoms with Crippen LogP contribution < -0.4 is 9.64 Å². The zero-order valence-corrected chi connectivity index (χ0v) is 24.2. The second-order valence-corrected chi connectivity index (χ2v) is 10.7. The van der Waals surface area contributed by atoms with Gasteiger partial charge in [-0.05, 0) is 67.5 Å². The van der Waals surface area contributed by atoms with Crippen LogP contribution in [0, 0.1) is 11.8 Å². The van der Waals surface area contributed by atoms with Crippen molar-refractivity contribution in [3.05, 3.63) is 65.5 Å². The number of anilines is 1.